The number of aliphatic hydroxyl groups excluding tert-OH is 1. The lowest BCUT2D eigenvalue weighted by atomic mass is 10.00. The summed E-state index contributed by atoms with van der Waals surface area (Å²) < 4.78 is 16.0. The fourth-order valence-electron chi connectivity index (χ4n) is 2.77. The van der Waals surface area contributed by atoms with Gasteiger partial charge >= 0.3 is 0 Å². The van der Waals surface area contributed by atoms with Crippen molar-refractivity contribution in [1.82, 2.24) is 0 Å². The topological polar surface area (TPSA) is 65.0 Å². The van der Waals surface area contributed by atoms with E-state index in [2.05, 4.69) is 39.3 Å². The summed E-state index contributed by atoms with van der Waals surface area (Å²) >= 11 is 0. The number of carbonyl (C=O) groups excluding carboxylic acids is 1. The van der Waals surface area contributed by atoms with Gasteiger partial charge in [-0.05, 0) is 81.2 Å². The summed E-state index contributed by atoms with van der Waals surface area (Å²) in [7, 11) is 0.660. The molecule has 1 unspecified atom stereocenters. The van der Waals surface area contributed by atoms with E-state index in [1.54, 1.807) is 62.8 Å². The summed E-state index contributed by atoms with van der Waals surface area (Å²) in [4.78, 5) is 12.2. The molecule has 1 N–H and O–H groups in total. The minimum absolute atomic E-state index is 0.349. The monoisotopic (exact) mass is 434 g/mol. The molecule has 0 saturated carbocycles. The van der Waals surface area contributed by atoms with Gasteiger partial charge in [0.1, 0.15) is 17.6 Å². The molecular weight excluding hydrogens is 400 g/mol. The Hall–Kier alpha value is -1.94. The van der Waals surface area contributed by atoms with Crippen molar-refractivity contribution in [2.24, 2.45) is 0 Å². The Bertz CT molecular complexity index is 748. The van der Waals surface area contributed by atoms with Gasteiger partial charge in [0.05, 0.1) is 14.2 Å². The van der Waals surface area contributed by atoms with E-state index in [0.29, 0.717) is 22.6 Å². The van der Waals surface area contributed by atoms with E-state index in [1.807, 2.05) is 0 Å². The predicted octanol–water partition coefficient (Wildman–Crippen LogP) is 5.29. The number of aliphatic hydroxyl groups is 1. The molecule has 0 bridgehead atoms. The smallest absolute Gasteiger partial charge is 0.195 e. The van der Waals surface area contributed by atoms with Gasteiger partial charge in [0.2, 0.25) is 0 Å². The Morgan fingerprint density at radius 1 is 0.759 bits per heavy atom. The summed E-state index contributed by atoms with van der Waals surface area (Å²) in [6, 6.07) is 13.4. The Kier molecular flexibility index (Phi) is 9.29. The van der Waals surface area contributed by atoms with Crippen molar-refractivity contribution in [2.45, 2.75) is 45.4 Å². The van der Waals surface area contributed by atoms with Crippen LogP contribution in [-0.2, 0) is 4.12 Å². The van der Waals surface area contributed by atoms with Crippen LogP contribution in [0.5, 0.6) is 11.5 Å². The highest BCUT2D eigenvalue weighted by Gasteiger charge is 2.24. The average molecular weight is 435 g/mol. The Balaban J connectivity index is 0.000000396. The number of carbonyl (C=O) groups is 1. The molecule has 7 heteroatoms. The molecule has 2 aromatic rings. The minimum atomic E-state index is -1.23. The maximum Gasteiger partial charge on any atom is 0.195 e. The van der Waals surface area contributed by atoms with Crippen LogP contribution in [0.3, 0.4) is 0 Å². The molecule has 160 valence electrons. The standard InChI is InChI=1S/C16H16O4.C6H18OSi2/c1-19-13-7-3-11(4-8-13)15(17)16(18)12-5-9-14(20-2)10-6-12;1-8(2,3)7-9(4,5)6/h3-10,15,17H,1-2H3;1-6H3. The molecule has 1 atom stereocenters. The second-order valence-corrected chi connectivity index (χ2v) is 17.9. The summed E-state index contributed by atoms with van der Waals surface area (Å²) in [6.07, 6.45) is -1.19. The van der Waals surface area contributed by atoms with E-state index in [-0.39, 0.29) is 5.78 Å². The van der Waals surface area contributed by atoms with E-state index in [0.717, 1.165) is 0 Å². The number of benzene rings is 2. The molecule has 0 spiro atoms. The van der Waals surface area contributed by atoms with Crippen LogP contribution in [0.4, 0.5) is 0 Å². The molecule has 5 nitrogen and oxygen atoms in total. The molecule has 2 aromatic carbocycles. The normalized spacial score (nSPS) is 12.4. The van der Waals surface area contributed by atoms with E-state index >= 15 is 0 Å². The summed E-state index contributed by atoms with van der Waals surface area (Å²) in [6.45, 7) is 13.4. The number of rotatable bonds is 7. The summed E-state index contributed by atoms with van der Waals surface area (Å²) in [5.74, 6) is 0.996. The van der Waals surface area contributed by atoms with Crippen molar-refractivity contribution in [3.8, 4) is 11.5 Å². The van der Waals surface area contributed by atoms with Crippen LogP contribution in [0.1, 0.15) is 22.0 Å². The average Bonchev–Trinajstić information content (AvgIpc) is 2.64. The van der Waals surface area contributed by atoms with Gasteiger partial charge < -0.3 is 18.7 Å². The van der Waals surface area contributed by atoms with Crippen molar-refractivity contribution < 1.29 is 23.5 Å². The van der Waals surface area contributed by atoms with Crippen LogP contribution in [0, 0.1) is 0 Å². The number of Topliss-reactive ketones (excluding diaryl/α,β-unsaturated/α-hetero) is 1. The maximum atomic E-state index is 12.2. The van der Waals surface area contributed by atoms with Gasteiger partial charge in [0.25, 0.3) is 0 Å². The lowest BCUT2D eigenvalue weighted by Crippen LogP contribution is -2.39. The minimum Gasteiger partial charge on any atom is -0.497 e. The lowest BCUT2D eigenvalue weighted by Gasteiger charge is -2.27. The third-order valence-corrected chi connectivity index (χ3v) is 8.57. The first kappa shape index (κ1) is 25.1. The third-order valence-electron chi connectivity index (χ3n) is 3.67. The van der Waals surface area contributed by atoms with E-state index < -0.39 is 22.7 Å². The molecule has 0 aliphatic carbocycles. The van der Waals surface area contributed by atoms with Gasteiger partial charge in [-0.2, -0.15) is 0 Å². The lowest BCUT2D eigenvalue weighted by molar-refractivity contribution is 0.0747. The SMILES string of the molecule is COc1ccc(C(=O)C(O)c2ccc(OC)cc2)cc1.C[Si](C)(C)O[Si](C)(C)C. The summed E-state index contributed by atoms with van der Waals surface area (Å²) in [5, 5.41) is 10.1. The van der Waals surface area contributed by atoms with Crippen LogP contribution in [-0.4, -0.2) is 41.7 Å². The molecule has 0 aliphatic rings. The Labute approximate surface area is 176 Å². The van der Waals surface area contributed by atoms with Crippen molar-refractivity contribution in [1.29, 1.82) is 0 Å². The second kappa shape index (κ2) is 10.7. The van der Waals surface area contributed by atoms with Crippen LogP contribution in [0.15, 0.2) is 48.5 Å². The number of ether oxygens (including phenoxy) is 2. The first-order valence-electron chi connectivity index (χ1n) is 9.57. The van der Waals surface area contributed by atoms with Crippen LogP contribution >= 0.6 is 0 Å². The van der Waals surface area contributed by atoms with Gasteiger partial charge in [-0.25, -0.2) is 0 Å². The number of hydrogen-bond donors (Lipinski definition) is 1. The highest BCUT2D eigenvalue weighted by atomic mass is 28.4. The highest BCUT2D eigenvalue weighted by molar-refractivity contribution is 6.83. The molecule has 0 aromatic heterocycles. The fraction of sp³-hybridized carbons (Fsp3) is 0.409. The Morgan fingerprint density at radius 2 is 1.14 bits per heavy atom. The molecular formula is C22H34O5Si2. The zero-order valence-corrected chi connectivity index (χ0v) is 20.8. The van der Waals surface area contributed by atoms with Crippen molar-refractivity contribution in [2.75, 3.05) is 14.2 Å². The number of ketones is 1. The molecule has 29 heavy (non-hydrogen) atoms. The van der Waals surface area contributed by atoms with Crippen LogP contribution in [0.2, 0.25) is 39.3 Å². The van der Waals surface area contributed by atoms with E-state index in [9.17, 15) is 9.90 Å². The van der Waals surface area contributed by atoms with E-state index in [1.165, 1.54) is 0 Å². The molecule has 0 fully saturated rings. The number of hydrogen-bond acceptors (Lipinski definition) is 5. The molecule has 2 rings (SSSR count). The van der Waals surface area contributed by atoms with Gasteiger partial charge in [-0.3, -0.25) is 4.79 Å². The van der Waals surface area contributed by atoms with Crippen LogP contribution in [0.25, 0.3) is 0 Å². The fourth-order valence-corrected chi connectivity index (χ4v) is 10.1. The maximum absolute atomic E-state index is 12.2. The zero-order chi connectivity index (χ0) is 22.2. The predicted molar refractivity (Wildman–Crippen MR) is 123 cm³/mol. The number of methoxy groups -OCH3 is 2. The van der Waals surface area contributed by atoms with Gasteiger partial charge in [-0.15, -0.1) is 0 Å². The molecule has 0 aliphatic heterocycles. The molecule has 0 radical (unpaired) electrons. The largest absolute Gasteiger partial charge is 0.497 e. The van der Waals surface area contributed by atoms with Gasteiger partial charge in [0, 0.05) is 5.56 Å². The van der Waals surface area contributed by atoms with Gasteiger partial charge in [0.15, 0.2) is 22.4 Å². The highest BCUT2D eigenvalue weighted by Crippen LogP contribution is 2.22. The van der Waals surface area contributed by atoms with E-state index in [4.69, 9.17) is 13.6 Å². The zero-order valence-electron chi connectivity index (χ0n) is 18.8. The third kappa shape index (κ3) is 9.40. The quantitative estimate of drug-likeness (QED) is 0.473. The van der Waals surface area contributed by atoms with Crippen molar-refractivity contribution in [3.63, 3.8) is 0 Å². The second-order valence-electron chi connectivity index (χ2n) is 8.60. The van der Waals surface area contributed by atoms with Gasteiger partial charge in [-0.1, -0.05) is 12.1 Å². The summed E-state index contributed by atoms with van der Waals surface area (Å²) in [5.41, 5.74) is 0.973. The first-order valence-corrected chi connectivity index (χ1v) is 16.4. The van der Waals surface area contributed by atoms with Crippen LogP contribution < -0.4 is 9.47 Å². The molecule has 0 saturated heterocycles. The first-order chi connectivity index (χ1) is 13.4. The van der Waals surface area contributed by atoms with Crippen molar-refractivity contribution >= 4 is 22.4 Å². The van der Waals surface area contributed by atoms with Crippen molar-refractivity contribution in [3.05, 3.63) is 59.7 Å². The molecule has 0 amide bonds. The Morgan fingerprint density at radius 3 is 1.45 bits per heavy atom. The molecule has 0 heterocycles.